The van der Waals surface area contributed by atoms with Crippen molar-refractivity contribution in [1.29, 1.82) is 5.41 Å². The molecule has 5 N–H and O–H groups in total. The Kier molecular flexibility index (Phi) is 17.5. The van der Waals surface area contributed by atoms with Gasteiger partial charge >= 0.3 is 0 Å². The summed E-state index contributed by atoms with van der Waals surface area (Å²) in [4.78, 5) is 0.874. The lowest BCUT2D eigenvalue weighted by atomic mass is 10.1. The van der Waals surface area contributed by atoms with Gasteiger partial charge in [-0.15, -0.1) is 12.6 Å². The first kappa shape index (κ1) is 26.0. The number of halogens is 1. The molecule has 0 radical (unpaired) electrons. The van der Waals surface area contributed by atoms with E-state index < -0.39 is 0 Å². The first-order valence-corrected chi connectivity index (χ1v) is 8.92. The molecule has 0 unspecified atom stereocenters. The number of hydrogen-bond donors (Lipinski definition) is 4. The van der Waals surface area contributed by atoms with Crippen molar-refractivity contribution in [3.63, 3.8) is 0 Å². The van der Waals surface area contributed by atoms with Crippen LogP contribution in [0.2, 0.25) is 0 Å². The van der Waals surface area contributed by atoms with Gasteiger partial charge in [0.05, 0.1) is 0 Å². The van der Waals surface area contributed by atoms with E-state index >= 15 is 0 Å². The normalized spacial score (nSPS) is 9.00. The van der Waals surface area contributed by atoms with Gasteiger partial charge in [-0.1, -0.05) is 44.2 Å². The smallest absolute Gasteiger partial charge is 0.168 e. The number of hydrogen-bond acceptors (Lipinski definition) is 4. The van der Waals surface area contributed by atoms with Crippen LogP contribution in [-0.4, -0.2) is 6.47 Å². The van der Waals surface area contributed by atoms with Gasteiger partial charge in [0.15, 0.2) is 6.47 Å². The molecule has 0 heterocycles. The average molecular weight is 378 g/mol. The zero-order valence-electron chi connectivity index (χ0n) is 16.2. The summed E-state index contributed by atoms with van der Waals surface area (Å²) in [6.07, 6.45) is 6.10. The van der Waals surface area contributed by atoms with Gasteiger partial charge in [-0.2, -0.15) is 4.39 Å². The second kappa shape index (κ2) is 17.5. The monoisotopic (exact) mass is 377 g/mol. The van der Waals surface area contributed by atoms with Gasteiger partial charge in [-0.3, -0.25) is 5.41 Å². The van der Waals surface area contributed by atoms with Crippen LogP contribution in [0, 0.1) is 5.41 Å². The summed E-state index contributed by atoms with van der Waals surface area (Å²) in [5.41, 5.74) is 15.3. The first-order valence-electron chi connectivity index (χ1n) is 8.48. The van der Waals surface area contributed by atoms with Gasteiger partial charge in [0.25, 0.3) is 0 Å². The van der Waals surface area contributed by atoms with E-state index in [1.165, 1.54) is 11.1 Å². The number of anilines is 2. The van der Waals surface area contributed by atoms with Crippen molar-refractivity contribution in [3.8, 4) is 0 Å². The second-order valence-electron chi connectivity index (χ2n) is 5.12. The molecule has 2 aromatic rings. The standard InChI is InChI=1S/C8H11NS.C8H11N.C4H8.CH2FN/c1-2-6-3-4-7(9)8(10)5-6;1-2-7-4-3-5-8(9)6-7;1-3-4-2;2-1-3/h3-5,10H,2,9H2,1H3;3-6H,2,9H2,1H3;3-4H,1-2H3;1,3H. The van der Waals surface area contributed by atoms with Crippen LogP contribution in [0.3, 0.4) is 0 Å². The fourth-order valence-electron chi connectivity index (χ4n) is 1.62. The van der Waals surface area contributed by atoms with Crippen LogP contribution < -0.4 is 11.5 Å². The fourth-order valence-corrected chi connectivity index (χ4v) is 1.86. The Morgan fingerprint density at radius 2 is 1.46 bits per heavy atom. The third kappa shape index (κ3) is 14.1. The minimum Gasteiger partial charge on any atom is -0.399 e. The fraction of sp³-hybridized carbons (Fsp3) is 0.286. The zero-order chi connectivity index (χ0) is 20.4. The highest BCUT2D eigenvalue weighted by Crippen LogP contribution is 2.17. The largest absolute Gasteiger partial charge is 0.399 e. The van der Waals surface area contributed by atoms with E-state index in [2.05, 4.69) is 32.5 Å². The third-order valence-electron chi connectivity index (χ3n) is 3.20. The van der Waals surface area contributed by atoms with Crippen molar-refractivity contribution in [2.45, 2.75) is 45.4 Å². The number of nitrogens with one attached hydrogen (secondary N) is 1. The summed E-state index contributed by atoms with van der Waals surface area (Å²) in [6.45, 7) is 7.98. The SMILES string of the molecule is CC=CC.CCc1ccc(N)c(S)c1.CCc1cccc(N)c1.N=CF. The summed E-state index contributed by atoms with van der Waals surface area (Å²) in [7, 11) is 0. The van der Waals surface area contributed by atoms with Crippen molar-refractivity contribution in [2.75, 3.05) is 11.5 Å². The molecule has 0 aliphatic heterocycles. The number of aryl methyl sites for hydroxylation is 2. The van der Waals surface area contributed by atoms with Crippen LogP contribution in [0.15, 0.2) is 59.5 Å². The maximum atomic E-state index is 9.83. The quantitative estimate of drug-likeness (QED) is 0.221. The van der Waals surface area contributed by atoms with E-state index in [0.29, 0.717) is 0 Å². The average Bonchev–Trinajstić information content (AvgIpc) is 2.65. The molecule has 0 spiro atoms. The molecule has 0 aliphatic rings. The molecule has 144 valence electrons. The molecule has 0 atom stereocenters. The first-order chi connectivity index (χ1) is 12.4. The maximum absolute atomic E-state index is 9.83. The van der Waals surface area contributed by atoms with E-state index in [4.69, 9.17) is 16.9 Å². The number of benzene rings is 2. The zero-order valence-corrected chi connectivity index (χ0v) is 17.1. The minimum atomic E-state index is -0.250. The molecule has 0 bridgehead atoms. The predicted octanol–water partition coefficient (Wildman–Crippen LogP) is 6.10. The molecule has 26 heavy (non-hydrogen) atoms. The van der Waals surface area contributed by atoms with Gasteiger partial charge < -0.3 is 11.5 Å². The van der Waals surface area contributed by atoms with Crippen LogP contribution in [-0.2, 0) is 12.8 Å². The lowest BCUT2D eigenvalue weighted by Gasteiger charge is -2.00. The van der Waals surface area contributed by atoms with Crippen LogP contribution in [0.1, 0.15) is 38.8 Å². The number of nitrogens with two attached hydrogens (primary N) is 2. The highest BCUT2D eigenvalue weighted by molar-refractivity contribution is 7.80. The number of thiol groups is 1. The summed E-state index contributed by atoms with van der Waals surface area (Å²) in [5, 5.41) is 5.42. The molecule has 3 nitrogen and oxygen atoms in total. The summed E-state index contributed by atoms with van der Waals surface area (Å²) in [6, 6.07) is 13.9. The van der Waals surface area contributed by atoms with Gasteiger partial charge in [-0.05, 0) is 62.1 Å². The molecule has 0 amide bonds. The number of rotatable bonds is 2. The Morgan fingerprint density at radius 3 is 1.81 bits per heavy atom. The molecule has 0 aromatic heterocycles. The molecular weight excluding hydrogens is 345 g/mol. The Labute approximate surface area is 163 Å². The lowest BCUT2D eigenvalue weighted by molar-refractivity contribution is 0.833. The summed E-state index contributed by atoms with van der Waals surface area (Å²) >= 11 is 4.20. The van der Waals surface area contributed by atoms with Crippen LogP contribution in [0.25, 0.3) is 0 Å². The highest BCUT2D eigenvalue weighted by Gasteiger charge is 1.93. The van der Waals surface area contributed by atoms with Crippen molar-refractivity contribution in [3.05, 3.63) is 65.7 Å². The molecular formula is C21H32FN3S. The maximum Gasteiger partial charge on any atom is 0.168 e. The number of nitrogen functional groups attached to an aromatic ring is 2. The van der Waals surface area contributed by atoms with Crippen LogP contribution in [0.4, 0.5) is 15.8 Å². The van der Waals surface area contributed by atoms with Crippen molar-refractivity contribution >= 4 is 30.5 Å². The molecule has 5 heteroatoms. The van der Waals surface area contributed by atoms with Crippen molar-refractivity contribution in [2.24, 2.45) is 0 Å². The molecule has 0 aliphatic carbocycles. The summed E-state index contributed by atoms with van der Waals surface area (Å²) < 4.78 is 9.83. The molecule has 0 saturated carbocycles. The van der Waals surface area contributed by atoms with Crippen molar-refractivity contribution in [1.82, 2.24) is 0 Å². The van der Waals surface area contributed by atoms with E-state index in [-0.39, 0.29) is 6.47 Å². The van der Waals surface area contributed by atoms with Gasteiger partial charge in [0.2, 0.25) is 0 Å². The second-order valence-corrected chi connectivity index (χ2v) is 5.60. The molecule has 2 aromatic carbocycles. The molecule has 0 fully saturated rings. The van der Waals surface area contributed by atoms with Crippen LogP contribution >= 0.6 is 12.6 Å². The Bertz CT molecular complexity index is 639. The van der Waals surface area contributed by atoms with Gasteiger partial charge in [0, 0.05) is 16.3 Å². The molecule has 0 saturated heterocycles. The third-order valence-corrected chi connectivity index (χ3v) is 3.58. The predicted molar refractivity (Wildman–Crippen MR) is 118 cm³/mol. The number of allylic oxidation sites excluding steroid dienone is 2. The van der Waals surface area contributed by atoms with E-state index in [1.807, 2.05) is 62.4 Å². The Balaban J connectivity index is 0. The van der Waals surface area contributed by atoms with E-state index in [0.717, 1.165) is 29.1 Å². The van der Waals surface area contributed by atoms with Gasteiger partial charge in [0.1, 0.15) is 0 Å². The Morgan fingerprint density at radius 1 is 0.962 bits per heavy atom. The topological polar surface area (TPSA) is 75.9 Å². The lowest BCUT2D eigenvalue weighted by Crippen LogP contribution is -1.88. The Hall–Kier alpha value is -2.27. The van der Waals surface area contributed by atoms with Crippen LogP contribution in [0.5, 0.6) is 0 Å². The van der Waals surface area contributed by atoms with Crippen molar-refractivity contribution < 1.29 is 4.39 Å². The van der Waals surface area contributed by atoms with E-state index in [9.17, 15) is 4.39 Å². The van der Waals surface area contributed by atoms with Gasteiger partial charge in [-0.25, -0.2) is 0 Å². The summed E-state index contributed by atoms with van der Waals surface area (Å²) in [5.74, 6) is 0. The highest BCUT2D eigenvalue weighted by atomic mass is 32.1. The molecule has 2 rings (SSSR count). The van der Waals surface area contributed by atoms with E-state index in [1.54, 1.807) is 0 Å². The minimum absolute atomic E-state index is 0.250.